The van der Waals surface area contributed by atoms with E-state index in [0.717, 1.165) is 16.1 Å². The fourth-order valence-corrected chi connectivity index (χ4v) is 5.14. The summed E-state index contributed by atoms with van der Waals surface area (Å²) in [6.45, 7) is 5.27. The van der Waals surface area contributed by atoms with Crippen molar-refractivity contribution in [3.05, 3.63) is 95.8 Å². The molecule has 0 bridgehead atoms. The summed E-state index contributed by atoms with van der Waals surface area (Å²) in [6.07, 6.45) is 1.84. The minimum Gasteiger partial charge on any atom is -0.494 e. The zero-order valence-electron chi connectivity index (χ0n) is 23.9. The van der Waals surface area contributed by atoms with Crippen LogP contribution in [0, 0.1) is 5.82 Å². The molecule has 3 aromatic carbocycles. The number of carbonyl (C=O) groups excluding carboxylic acids is 2. The second-order valence-corrected chi connectivity index (χ2v) is 11.7. The summed E-state index contributed by atoms with van der Waals surface area (Å²) in [5.41, 5.74) is 1.27. The summed E-state index contributed by atoms with van der Waals surface area (Å²) in [5, 5.41) is 2.95. The van der Waals surface area contributed by atoms with Crippen molar-refractivity contribution < 1.29 is 27.1 Å². The topological polar surface area (TPSA) is 96.0 Å². The molecule has 0 aliphatic carbocycles. The van der Waals surface area contributed by atoms with E-state index in [1.54, 1.807) is 42.5 Å². The van der Waals surface area contributed by atoms with Gasteiger partial charge in [0.2, 0.25) is 21.8 Å². The van der Waals surface area contributed by atoms with Crippen LogP contribution in [0.3, 0.4) is 0 Å². The summed E-state index contributed by atoms with van der Waals surface area (Å²) in [6, 6.07) is 20.4. The largest absolute Gasteiger partial charge is 0.494 e. The van der Waals surface area contributed by atoms with Crippen molar-refractivity contribution in [3.63, 3.8) is 0 Å². The molecular weight excluding hydrogens is 545 g/mol. The van der Waals surface area contributed by atoms with Crippen molar-refractivity contribution in [2.75, 3.05) is 23.7 Å². The molecule has 2 atom stereocenters. The number of halogens is 1. The van der Waals surface area contributed by atoms with Gasteiger partial charge in [-0.15, -0.1) is 0 Å². The van der Waals surface area contributed by atoms with Crippen LogP contribution in [0.5, 0.6) is 5.75 Å². The third-order valence-electron chi connectivity index (χ3n) is 6.69. The number of rotatable bonds is 14. The molecule has 0 spiro atoms. The third kappa shape index (κ3) is 9.04. The van der Waals surface area contributed by atoms with E-state index in [9.17, 15) is 22.4 Å². The van der Waals surface area contributed by atoms with Crippen LogP contribution in [0.2, 0.25) is 0 Å². The van der Waals surface area contributed by atoms with Crippen LogP contribution in [-0.2, 0) is 32.6 Å². The highest BCUT2D eigenvalue weighted by molar-refractivity contribution is 7.92. The number of hydrogen-bond acceptors (Lipinski definition) is 5. The molecule has 0 aliphatic rings. The zero-order chi connectivity index (χ0) is 30.0. The van der Waals surface area contributed by atoms with Gasteiger partial charge in [-0.2, -0.15) is 0 Å². The van der Waals surface area contributed by atoms with Gasteiger partial charge in [0.15, 0.2) is 0 Å². The van der Waals surface area contributed by atoms with Crippen molar-refractivity contribution in [1.82, 2.24) is 10.2 Å². The van der Waals surface area contributed by atoms with Gasteiger partial charge in [0.1, 0.15) is 24.2 Å². The molecular formula is C31H38FN3O5S. The lowest BCUT2D eigenvalue weighted by Crippen LogP contribution is -2.54. The highest BCUT2D eigenvalue weighted by Gasteiger charge is 2.33. The lowest BCUT2D eigenvalue weighted by molar-refractivity contribution is -0.140. The maximum Gasteiger partial charge on any atom is 0.244 e. The first-order chi connectivity index (χ1) is 19.5. The fraction of sp³-hybridized carbons (Fsp3) is 0.355. The van der Waals surface area contributed by atoms with Crippen molar-refractivity contribution in [2.45, 2.75) is 52.2 Å². The molecule has 3 rings (SSSR count). The van der Waals surface area contributed by atoms with E-state index >= 15 is 0 Å². The molecule has 10 heteroatoms. The van der Waals surface area contributed by atoms with Crippen LogP contribution in [0.1, 0.15) is 38.3 Å². The molecule has 3 aromatic rings. The number of nitrogens with one attached hydrogen (secondary N) is 1. The molecule has 1 N–H and O–H groups in total. The number of nitrogens with zero attached hydrogens (tertiary/aromatic N) is 2. The quantitative estimate of drug-likeness (QED) is 0.301. The summed E-state index contributed by atoms with van der Waals surface area (Å²) in [7, 11) is -3.91. The number of anilines is 1. The smallest absolute Gasteiger partial charge is 0.244 e. The zero-order valence-corrected chi connectivity index (χ0v) is 24.7. The maximum absolute atomic E-state index is 14.8. The Kier molecular flexibility index (Phi) is 11.3. The van der Waals surface area contributed by atoms with Crippen LogP contribution >= 0.6 is 0 Å². The minimum atomic E-state index is -3.91. The van der Waals surface area contributed by atoms with Gasteiger partial charge >= 0.3 is 0 Å². The van der Waals surface area contributed by atoms with E-state index in [0.29, 0.717) is 18.8 Å². The average Bonchev–Trinajstić information content (AvgIpc) is 2.95. The first-order valence-corrected chi connectivity index (χ1v) is 15.5. The number of carbonyl (C=O) groups is 2. The minimum absolute atomic E-state index is 0.158. The van der Waals surface area contributed by atoms with Gasteiger partial charge in [-0.1, -0.05) is 55.5 Å². The van der Waals surface area contributed by atoms with E-state index in [-0.39, 0.29) is 30.3 Å². The third-order valence-corrected chi connectivity index (χ3v) is 7.83. The Labute approximate surface area is 242 Å². The van der Waals surface area contributed by atoms with Crippen molar-refractivity contribution >= 4 is 27.5 Å². The van der Waals surface area contributed by atoms with E-state index < -0.39 is 40.2 Å². The van der Waals surface area contributed by atoms with Crippen molar-refractivity contribution in [3.8, 4) is 5.75 Å². The number of hydrogen-bond donors (Lipinski definition) is 1. The molecule has 0 heterocycles. The normalized spacial score (nSPS) is 12.7. The van der Waals surface area contributed by atoms with Crippen LogP contribution in [0.25, 0.3) is 0 Å². The molecule has 2 amide bonds. The lowest BCUT2D eigenvalue weighted by atomic mass is 10.0. The predicted molar refractivity (Wildman–Crippen MR) is 159 cm³/mol. The average molecular weight is 584 g/mol. The van der Waals surface area contributed by atoms with Crippen LogP contribution < -0.4 is 14.4 Å². The van der Waals surface area contributed by atoms with Crippen molar-refractivity contribution in [1.29, 1.82) is 0 Å². The molecule has 0 radical (unpaired) electrons. The molecule has 0 saturated carbocycles. The van der Waals surface area contributed by atoms with Gasteiger partial charge in [0.25, 0.3) is 0 Å². The van der Waals surface area contributed by atoms with Gasteiger partial charge < -0.3 is 15.0 Å². The highest BCUT2D eigenvalue weighted by atomic mass is 32.2. The van der Waals surface area contributed by atoms with E-state index in [1.807, 2.05) is 51.1 Å². The Morgan fingerprint density at radius 3 is 2.17 bits per heavy atom. The first kappa shape index (κ1) is 31.6. The number of sulfonamides is 1. The van der Waals surface area contributed by atoms with Gasteiger partial charge in [-0.05, 0) is 56.2 Å². The highest BCUT2D eigenvalue weighted by Crippen LogP contribution is 2.23. The molecule has 0 aliphatic heterocycles. The molecule has 0 saturated heterocycles. The summed E-state index contributed by atoms with van der Waals surface area (Å²) < 4.78 is 47.0. The van der Waals surface area contributed by atoms with Gasteiger partial charge in [-0.25, -0.2) is 12.8 Å². The first-order valence-electron chi connectivity index (χ1n) is 13.6. The maximum atomic E-state index is 14.8. The second kappa shape index (κ2) is 14.6. The van der Waals surface area contributed by atoms with Crippen LogP contribution in [0.15, 0.2) is 78.9 Å². The summed E-state index contributed by atoms with van der Waals surface area (Å²) in [5.74, 6) is -1.02. The number of ether oxygens (including phenoxy) is 1. The lowest BCUT2D eigenvalue weighted by Gasteiger charge is -2.34. The number of benzene rings is 3. The monoisotopic (exact) mass is 583 g/mol. The van der Waals surface area contributed by atoms with Crippen LogP contribution in [-0.4, -0.2) is 56.6 Å². The van der Waals surface area contributed by atoms with Gasteiger partial charge in [-0.3, -0.25) is 13.9 Å². The fourth-order valence-electron chi connectivity index (χ4n) is 4.29. The van der Waals surface area contributed by atoms with Crippen molar-refractivity contribution in [2.24, 2.45) is 0 Å². The standard InChI is InChI=1S/C31H38FN3O5S/c1-5-23(3)33-31(37)29(20-24-12-8-7-9-13-24)34(21-25-14-10-11-15-28(25)32)30(36)22-35(41(4,38)39)26-16-18-27(19-17-26)40-6-2/h7-19,23,29H,5-6,20-22H2,1-4H3,(H,33,37)/t23-,29+/m1/s1. The summed E-state index contributed by atoms with van der Waals surface area (Å²) >= 11 is 0. The number of amides is 2. The molecule has 0 unspecified atom stereocenters. The SMILES string of the molecule is CCOc1ccc(N(CC(=O)N(Cc2ccccc2F)[C@@H](Cc2ccccc2)C(=O)N[C@H](C)CC)S(C)(=O)=O)cc1. The Morgan fingerprint density at radius 1 is 0.951 bits per heavy atom. The van der Waals surface area contributed by atoms with E-state index in [4.69, 9.17) is 4.74 Å². The van der Waals surface area contributed by atoms with Gasteiger partial charge in [0, 0.05) is 24.6 Å². The van der Waals surface area contributed by atoms with E-state index in [1.165, 1.54) is 11.0 Å². The van der Waals surface area contributed by atoms with E-state index in [2.05, 4.69) is 5.32 Å². The molecule has 0 aromatic heterocycles. The Bertz CT molecular complexity index is 1400. The second-order valence-electron chi connectivity index (χ2n) is 9.83. The Balaban J connectivity index is 2.05. The Hall–Kier alpha value is -3.92. The summed E-state index contributed by atoms with van der Waals surface area (Å²) in [4.78, 5) is 29.0. The Morgan fingerprint density at radius 2 is 1.59 bits per heavy atom. The predicted octanol–water partition coefficient (Wildman–Crippen LogP) is 4.55. The van der Waals surface area contributed by atoms with Crippen LogP contribution in [0.4, 0.5) is 10.1 Å². The molecule has 8 nitrogen and oxygen atoms in total. The molecule has 41 heavy (non-hydrogen) atoms. The molecule has 0 fully saturated rings. The van der Waals surface area contributed by atoms with Gasteiger partial charge in [0.05, 0.1) is 18.6 Å². The molecule has 220 valence electrons.